The molecule has 2 aromatic carbocycles. The molecule has 0 saturated heterocycles. The topological polar surface area (TPSA) is 128 Å². The van der Waals surface area contributed by atoms with Crippen LogP contribution in [0.2, 0.25) is 0 Å². The zero-order chi connectivity index (χ0) is 47.2. The van der Waals surface area contributed by atoms with E-state index < -0.39 is 18.4 Å². The Morgan fingerprint density at radius 3 is 1.21 bits per heavy atom. The van der Waals surface area contributed by atoms with Crippen molar-refractivity contribution >= 4 is 56.3 Å². The highest BCUT2D eigenvalue weighted by molar-refractivity contribution is 6.05. The molecule has 9 rings (SSSR count). The van der Waals surface area contributed by atoms with Gasteiger partial charge in [-0.2, -0.15) is 0 Å². The molecule has 7 heterocycles. The highest BCUT2D eigenvalue weighted by atomic mass is 16.6. The fourth-order valence-corrected chi connectivity index (χ4v) is 10.5. The lowest BCUT2D eigenvalue weighted by Crippen LogP contribution is -2.16. The van der Waals surface area contributed by atoms with E-state index in [2.05, 4.69) is 102 Å². The Morgan fingerprint density at radius 1 is 0.463 bits per heavy atom. The van der Waals surface area contributed by atoms with Crippen LogP contribution in [0.25, 0.3) is 66.6 Å². The molecular weight excluding hydrogens is 837 g/mol. The molecule has 10 heteroatoms. The molecular formula is C57H66N4O6. The van der Waals surface area contributed by atoms with Crippen LogP contribution < -0.4 is 9.47 Å². The van der Waals surface area contributed by atoms with Gasteiger partial charge in [-0.25, -0.2) is 9.97 Å². The average molecular weight is 903 g/mol. The first-order valence-corrected chi connectivity index (χ1v) is 24.8. The Hall–Kier alpha value is -6.42. The van der Waals surface area contributed by atoms with Crippen LogP contribution in [-0.2, 0) is 44.7 Å². The van der Waals surface area contributed by atoms with Gasteiger partial charge < -0.3 is 28.9 Å². The molecule has 0 aliphatic carbocycles. The van der Waals surface area contributed by atoms with E-state index in [1.54, 1.807) is 0 Å². The summed E-state index contributed by atoms with van der Waals surface area (Å²) >= 11 is 0. The highest BCUT2D eigenvalue weighted by Crippen LogP contribution is 2.47. The van der Waals surface area contributed by atoms with Crippen LogP contribution in [0.4, 0.5) is 0 Å². The summed E-state index contributed by atoms with van der Waals surface area (Å²) in [6.07, 6.45) is 6.85. The minimum Gasteiger partial charge on any atom is -0.493 e. The van der Waals surface area contributed by atoms with Crippen LogP contribution in [0.1, 0.15) is 145 Å². The summed E-state index contributed by atoms with van der Waals surface area (Å²) in [5.74, 6) is 0.164. The summed E-state index contributed by atoms with van der Waals surface area (Å²) in [6.45, 7) is 18.7. The molecule has 2 N–H and O–H groups in total. The van der Waals surface area contributed by atoms with Crippen molar-refractivity contribution in [1.29, 1.82) is 0 Å². The predicted octanol–water partition coefficient (Wildman–Crippen LogP) is 13.4. The van der Waals surface area contributed by atoms with Gasteiger partial charge in [0, 0.05) is 46.1 Å². The number of para-hydroxylation sites is 2. The average Bonchev–Trinajstić information content (AvgIpc) is 4.08. The molecule has 350 valence electrons. The summed E-state index contributed by atoms with van der Waals surface area (Å²) in [4.78, 5) is 44.9. The lowest BCUT2D eigenvalue weighted by Gasteiger charge is -2.15. The van der Waals surface area contributed by atoms with E-state index in [-0.39, 0.29) is 13.2 Å². The van der Waals surface area contributed by atoms with E-state index in [0.717, 1.165) is 118 Å². The summed E-state index contributed by atoms with van der Waals surface area (Å²) < 4.78 is 24.2. The fraction of sp³-hybridized carbons (Fsp3) is 0.404. The number of esters is 2. The van der Waals surface area contributed by atoms with E-state index in [1.807, 2.05) is 24.3 Å². The second kappa shape index (κ2) is 21.0. The molecule has 4 aliphatic rings. The third-order valence-corrected chi connectivity index (χ3v) is 13.5. The first-order chi connectivity index (χ1) is 32.7. The van der Waals surface area contributed by atoms with E-state index in [1.165, 1.54) is 44.5 Å². The number of benzene rings is 2. The van der Waals surface area contributed by atoms with Crippen LogP contribution >= 0.6 is 0 Å². The number of hydrogen-bond acceptors (Lipinski definition) is 8. The maximum Gasteiger partial charge on any atom is 0.317 e. The highest BCUT2D eigenvalue weighted by Gasteiger charge is 2.29. The van der Waals surface area contributed by atoms with Crippen molar-refractivity contribution in [2.24, 2.45) is 0 Å². The second-order valence-corrected chi connectivity index (χ2v) is 17.2. The summed E-state index contributed by atoms with van der Waals surface area (Å²) in [5, 5.41) is 0. The Labute approximate surface area is 395 Å². The van der Waals surface area contributed by atoms with Gasteiger partial charge in [-0.3, -0.25) is 9.59 Å². The number of aromatic amines is 2. The number of carbonyl (C=O) groups is 2. The van der Waals surface area contributed by atoms with Gasteiger partial charge in [0.15, 0.2) is 0 Å². The molecule has 0 unspecified atom stereocenters. The number of carbonyl (C=O) groups excluding carboxylic acids is 2. The van der Waals surface area contributed by atoms with Crippen molar-refractivity contribution in [3.8, 4) is 33.8 Å². The van der Waals surface area contributed by atoms with Crippen LogP contribution in [0.15, 0.2) is 60.7 Å². The maximum atomic E-state index is 12.7. The minimum atomic E-state index is -0.629. The van der Waals surface area contributed by atoms with E-state index >= 15 is 0 Å². The molecule has 4 aliphatic heterocycles. The normalized spacial score (nSPS) is 15.0. The Bertz CT molecular complexity index is 2730. The predicted molar refractivity (Wildman–Crippen MR) is 271 cm³/mol. The van der Waals surface area contributed by atoms with E-state index in [0.29, 0.717) is 37.6 Å². The molecule has 3 aromatic heterocycles. The van der Waals surface area contributed by atoms with Gasteiger partial charge in [0.25, 0.3) is 0 Å². The summed E-state index contributed by atoms with van der Waals surface area (Å²) in [6, 6.07) is 21.0. The number of aryl methyl sites for hydroxylation is 4. The Balaban J connectivity index is 1.59. The van der Waals surface area contributed by atoms with Crippen molar-refractivity contribution in [3.63, 3.8) is 0 Å². The molecule has 5 aromatic rings. The van der Waals surface area contributed by atoms with Crippen LogP contribution in [0.3, 0.4) is 0 Å². The van der Waals surface area contributed by atoms with Crippen LogP contribution in [-0.4, -0.2) is 58.3 Å². The number of allylic oxidation sites excluding steroid dienone is 4. The Kier molecular flexibility index (Phi) is 14.8. The zero-order valence-electron chi connectivity index (χ0n) is 40.7. The quantitative estimate of drug-likeness (QED) is 0.116. The number of nitrogens with one attached hydrogen (secondary N) is 2. The number of rotatable bonds is 8. The molecule has 0 fully saturated rings. The third kappa shape index (κ3) is 9.07. The Morgan fingerprint density at radius 2 is 0.836 bits per heavy atom. The number of fused-ring (bicyclic) bond motifs is 12. The molecule has 0 amide bonds. The zero-order valence-corrected chi connectivity index (χ0v) is 40.7. The lowest BCUT2D eigenvalue weighted by atomic mass is 9.92. The lowest BCUT2D eigenvalue weighted by molar-refractivity contribution is -0.154. The van der Waals surface area contributed by atoms with E-state index in [9.17, 15) is 9.59 Å². The molecule has 0 saturated carbocycles. The number of aromatic nitrogens is 4. The molecule has 0 atom stereocenters. The first-order valence-electron chi connectivity index (χ1n) is 24.8. The minimum absolute atomic E-state index is 0.104. The smallest absolute Gasteiger partial charge is 0.317 e. The van der Waals surface area contributed by atoms with Gasteiger partial charge >= 0.3 is 11.9 Å². The van der Waals surface area contributed by atoms with E-state index in [4.69, 9.17) is 28.9 Å². The van der Waals surface area contributed by atoms with Gasteiger partial charge in [-0.1, -0.05) is 91.8 Å². The second-order valence-electron chi connectivity index (χ2n) is 17.2. The van der Waals surface area contributed by atoms with Crippen molar-refractivity contribution < 1.29 is 28.5 Å². The molecule has 10 bridgehead atoms. The van der Waals surface area contributed by atoms with Crippen molar-refractivity contribution in [1.82, 2.24) is 19.9 Å². The molecule has 0 spiro atoms. The van der Waals surface area contributed by atoms with Crippen molar-refractivity contribution in [2.45, 2.75) is 126 Å². The third-order valence-electron chi connectivity index (χ3n) is 13.5. The fourth-order valence-electron chi connectivity index (χ4n) is 10.5. The number of ether oxygens (including phenoxy) is 4. The first kappa shape index (κ1) is 47.1. The SMILES string of the molecule is CCC1=C(CC)c2nc1cc1[nH]c(c(CC)c1CC)c1c3nc(cc4[nH]c(c(CC)c4CC)c2-c2ccccc2OCCCOC(=O)CC(=O)OCCCOc2ccccc2-1)C(CC)=C3CC. The number of hydrogen-bond donors (Lipinski definition) is 2. The van der Waals surface area contributed by atoms with Gasteiger partial charge in [-0.05, 0) is 120 Å². The molecule has 67 heavy (non-hydrogen) atoms. The van der Waals surface area contributed by atoms with Crippen LogP contribution in [0.5, 0.6) is 11.5 Å². The van der Waals surface area contributed by atoms with Gasteiger partial charge in [-0.15, -0.1) is 0 Å². The maximum absolute atomic E-state index is 12.7. The number of nitrogens with zero attached hydrogens (tertiary/aromatic N) is 2. The summed E-state index contributed by atoms with van der Waals surface area (Å²) in [5.41, 5.74) is 21.7. The van der Waals surface area contributed by atoms with Crippen molar-refractivity contribution in [3.05, 3.63) is 106 Å². The van der Waals surface area contributed by atoms with Gasteiger partial charge in [0.05, 0.1) is 60.2 Å². The van der Waals surface area contributed by atoms with Gasteiger partial charge in [0.1, 0.15) is 17.9 Å². The van der Waals surface area contributed by atoms with Crippen LogP contribution in [0, 0.1) is 0 Å². The van der Waals surface area contributed by atoms with Gasteiger partial charge in [0.2, 0.25) is 0 Å². The summed E-state index contributed by atoms with van der Waals surface area (Å²) in [7, 11) is 0. The largest absolute Gasteiger partial charge is 0.493 e. The number of H-pyrrole nitrogens is 2. The van der Waals surface area contributed by atoms with Crippen molar-refractivity contribution in [2.75, 3.05) is 26.4 Å². The standard InChI is InChI=1S/C57H66N4O6/c1-9-34-38(13-5)54-52-42-23-17-19-25-48(42)64-27-21-29-66-50(62)33-51(63)67-30-22-28-65-49-26-20-18-24-43(49)53(56-39(14-6)35(10-2)45(59-56)31-44(34)58-54)57-41(16-8)37(12-4)47(61-57)32-46-36(11-3)40(15-7)55(52)60-46/h17-20,23-26,31-32,58,61H,9-16,21-22,27-30,33H2,1-8H3. The molecule has 0 radical (unpaired) electrons. The monoisotopic (exact) mass is 902 g/mol. The molecule has 10 nitrogen and oxygen atoms in total.